The van der Waals surface area contributed by atoms with Gasteiger partial charge in [-0.15, -0.1) is 23.1 Å². The van der Waals surface area contributed by atoms with Gasteiger partial charge in [-0.1, -0.05) is 19.1 Å². The van der Waals surface area contributed by atoms with Crippen molar-refractivity contribution in [2.45, 2.75) is 31.6 Å². The first-order valence-corrected chi connectivity index (χ1v) is 9.63. The van der Waals surface area contributed by atoms with E-state index in [1.54, 1.807) is 30.1 Å². The average molecular weight is 364 g/mol. The van der Waals surface area contributed by atoms with Gasteiger partial charge < -0.3 is 4.74 Å². The van der Waals surface area contributed by atoms with E-state index in [2.05, 4.69) is 17.2 Å². The molecule has 5 nitrogen and oxygen atoms in total. The number of carbonyl (C=O) groups is 2. The Morgan fingerprint density at radius 2 is 2.08 bits per heavy atom. The van der Waals surface area contributed by atoms with Crippen LogP contribution in [0.3, 0.4) is 0 Å². The molecule has 0 aliphatic heterocycles. The highest BCUT2D eigenvalue weighted by Gasteiger charge is 2.14. The summed E-state index contributed by atoms with van der Waals surface area (Å²) in [5.74, 6) is 0.457. The number of ether oxygens (including phenoxy) is 1. The highest BCUT2D eigenvalue weighted by atomic mass is 32.2. The van der Waals surface area contributed by atoms with E-state index >= 15 is 0 Å². The Morgan fingerprint density at radius 1 is 1.29 bits per heavy atom. The molecule has 0 aliphatic rings. The molecule has 0 atom stereocenters. The Balaban J connectivity index is 2.02. The summed E-state index contributed by atoms with van der Waals surface area (Å²) in [6.45, 7) is 4.22. The van der Waals surface area contributed by atoms with Gasteiger partial charge in [0.05, 0.1) is 24.3 Å². The van der Waals surface area contributed by atoms with Crippen molar-refractivity contribution >= 4 is 40.1 Å². The standard InChI is InChI=1S/C17H20N2O3S2/c1-3-9-23-14-8-6-5-7-13(14)16(21)19-17-18-12(11-24-17)10-15(20)22-4-2/h5-8,11H,3-4,9-10H2,1-2H3,(H,18,19,21). The molecule has 24 heavy (non-hydrogen) atoms. The van der Waals surface area contributed by atoms with E-state index in [1.807, 2.05) is 18.2 Å². The Labute approximate surface area is 149 Å². The van der Waals surface area contributed by atoms with Gasteiger partial charge in [0, 0.05) is 10.3 Å². The van der Waals surface area contributed by atoms with Gasteiger partial charge >= 0.3 is 5.97 Å². The first-order chi connectivity index (χ1) is 11.6. The normalized spacial score (nSPS) is 10.4. The molecule has 0 fully saturated rings. The highest BCUT2D eigenvalue weighted by molar-refractivity contribution is 7.99. The zero-order chi connectivity index (χ0) is 17.4. The number of nitrogens with one attached hydrogen (secondary N) is 1. The van der Waals surface area contributed by atoms with Crippen molar-refractivity contribution in [2.75, 3.05) is 17.7 Å². The van der Waals surface area contributed by atoms with Crippen molar-refractivity contribution in [3.8, 4) is 0 Å². The molecule has 2 aromatic rings. The third-order valence-electron chi connectivity index (χ3n) is 3.00. The van der Waals surface area contributed by atoms with Crippen LogP contribution in [0.1, 0.15) is 36.3 Å². The molecule has 0 unspecified atom stereocenters. The van der Waals surface area contributed by atoms with Gasteiger partial charge in [0.15, 0.2) is 5.13 Å². The molecule has 0 saturated heterocycles. The second kappa shape index (κ2) is 9.44. The smallest absolute Gasteiger partial charge is 0.311 e. The Morgan fingerprint density at radius 3 is 2.83 bits per heavy atom. The number of carbonyl (C=O) groups excluding carboxylic acids is 2. The molecule has 2 rings (SSSR count). The molecule has 1 amide bonds. The summed E-state index contributed by atoms with van der Waals surface area (Å²) in [6.07, 6.45) is 1.16. The van der Waals surface area contributed by atoms with Gasteiger partial charge in [0.25, 0.3) is 5.91 Å². The average Bonchev–Trinajstić information content (AvgIpc) is 3.00. The molecule has 0 bridgehead atoms. The van der Waals surface area contributed by atoms with Gasteiger partial charge in [-0.25, -0.2) is 4.98 Å². The molecule has 0 radical (unpaired) electrons. The van der Waals surface area contributed by atoms with Crippen LogP contribution >= 0.6 is 23.1 Å². The summed E-state index contributed by atoms with van der Waals surface area (Å²) >= 11 is 2.96. The van der Waals surface area contributed by atoms with E-state index in [1.165, 1.54) is 11.3 Å². The van der Waals surface area contributed by atoms with Crippen molar-refractivity contribution in [1.82, 2.24) is 4.98 Å². The highest BCUT2D eigenvalue weighted by Crippen LogP contribution is 2.25. The zero-order valence-electron chi connectivity index (χ0n) is 13.7. The molecule has 1 N–H and O–H groups in total. The number of aromatic nitrogens is 1. The second-order valence-corrected chi connectivity index (χ2v) is 6.92. The SMILES string of the molecule is CCCSc1ccccc1C(=O)Nc1nc(CC(=O)OCC)cs1. The summed E-state index contributed by atoms with van der Waals surface area (Å²) < 4.78 is 4.89. The zero-order valence-corrected chi connectivity index (χ0v) is 15.3. The second-order valence-electron chi connectivity index (χ2n) is 4.92. The van der Waals surface area contributed by atoms with Crippen LogP contribution in [0.15, 0.2) is 34.5 Å². The minimum Gasteiger partial charge on any atom is -0.466 e. The Hall–Kier alpha value is -1.86. The third kappa shape index (κ3) is 5.35. The first kappa shape index (κ1) is 18.5. The number of hydrogen-bond donors (Lipinski definition) is 1. The van der Waals surface area contributed by atoms with E-state index in [9.17, 15) is 9.59 Å². The van der Waals surface area contributed by atoms with E-state index in [-0.39, 0.29) is 18.3 Å². The van der Waals surface area contributed by atoms with Crippen LogP contribution in [0, 0.1) is 0 Å². The monoisotopic (exact) mass is 364 g/mol. The fourth-order valence-corrected chi connectivity index (χ4v) is 3.58. The summed E-state index contributed by atoms with van der Waals surface area (Å²) in [4.78, 5) is 29.2. The summed E-state index contributed by atoms with van der Waals surface area (Å²) in [7, 11) is 0. The number of anilines is 1. The molecule has 0 saturated carbocycles. The maximum Gasteiger partial charge on any atom is 0.311 e. The molecule has 1 aromatic heterocycles. The number of rotatable bonds is 8. The van der Waals surface area contributed by atoms with Gasteiger partial charge in [0.2, 0.25) is 0 Å². The summed E-state index contributed by atoms with van der Waals surface area (Å²) in [5, 5.41) is 5.04. The van der Waals surface area contributed by atoms with Gasteiger partial charge in [-0.05, 0) is 31.2 Å². The van der Waals surface area contributed by atoms with Gasteiger partial charge in [0.1, 0.15) is 0 Å². The van der Waals surface area contributed by atoms with E-state index < -0.39 is 0 Å². The number of thiazole rings is 1. The molecule has 0 aliphatic carbocycles. The first-order valence-electron chi connectivity index (χ1n) is 7.77. The predicted octanol–water partition coefficient (Wildman–Crippen LogP) is 4.00. The fourth-order valence-electron chi connectivity index (χ4n) is 1.96. The van der Waals surface area contributed by atoms with Crippen molar-refractivity contribution < 1.29 is 14.3 Å². The van der Waals surface area contributed by atoms with E-state index in [0.717, 1.165) is 17.1 Å². The van der Waals surface area contributed by atoms with Crippen LogP contribution in [0.5, 0.6) is 0 Å². The van der Waals surface area contributed by atoms with Crippen LogP contribution in [-0.4, -0.2) is 29.2 Å². The lowest BCUT2D eigenvalue weighted by atomic mass is 10.2. The number of nitrogens with zero attached hydrogens (tertiary/aromatic N) is 1. The van der Waals surface area contributed by atoms with Crippen LogP contribution in [0.4, 0.5) is 5.13 Å². The van der Waals surface area contributed by atoms with Gasteiger partial charge in [-0.2, -0.15) is 0 Å². The predicted molar refractivity (Wildman–Crippen MR) is 97.9 cm³/mol. The maximum absolute atomic E-state index is 12.5. The molecule has 7 heteroatoms. The van der Waals surface area contributed by atoms with Crippen molar-refractivity contribution in [2.24, 2.45) is 0 Å². The molecular formula is C17H20N2O3S2. The minimum absolute atomic E-state index is 0.114. The molecule has 128 valence electrons. The maximum atomic E-state index is 12.5. The topological polar surface area (TPSA) is 68.3 Å². The summed E-state index contributed by atoms with van der Waals surface area (Å²) in [6, 6.07) is 7.53. The van der Waals surface area contributed by atoms with Crippen LogP contribution in [0.2, 0.25) is 0 Å². The van der Waals surface area contributed by atoms with E-state index in [0.29, 0.717) is 23.0 Å². The van der Waals surface area contributed by atoms with Gasteiger partial charge in [-0.3, -0.25) is 14.9 Å². The van der Waals surface area contributed by atoms with Crippen LogP contribution < -0.4 is 5.32 Å². The number of thioether (sulfide) groups is 1. The van der Waals surface area contributed by atoms with Crippen molar-refractivity contribution in [1.29, 1.82) is 0 Å². The lowest BCUT2D eigenvalue weighted by Crippen LogP contribution is -2.13. The fraction of sp³-hybridized carbons (Fsp3) is 0.353. The molecule has 1 heterocycles. The quantitative estimate of drug-likeness (QED) is 0.566. The summed E-state index contributed by atoms with van der Waals surface area (Å²) in [5.41, 5.74) is 1.24. The van der Waals surface area contributed by atoms with E-state index in [4.69, 9.17) is 4.74 Å². The van der Waals surface area contributed by atoms with Crippen LogP contribution in [-0.2, 0) is 16.0 Å². The van der Waals surface area contributed by atoms with Crippen molar-refractivity contribution in [3.63, 3.8) is 0 Å². The molecular weight excluding hydrogens is 344 g/mol. The Bertz CT molecular complexity index is 701. The third-order valence-corrected chi connectivity index (χ3v) is 5.08. The molecule has 0 spiro atoms. The lowest BCUT2D eigenvalue weighted by molar-refractivity contribution is -0.142. The lowest BCUT2D eigenvalue weighted by Gasteiger charge is -2.07. The number of amides is 1. The number of benzene rings is 1. The largest absolute Gasteiger partial charge is 0.466 e. The number of hydrogen-bond acceptors (Lipinski definition) is 6. The van der Waals surface area contributed by atoms with Crippen LogP contribution in [0.25, 0.3) is 0 Å². The minimum atomic E-state index is -0.318. The molecule has 1 aromatic carbocycles. The van der Waals surface area contributed by atoms with Crippen molar-refractivity contribution in [3.05, 3.63) is 40.9 Å². The number of esters is 1. The Kier molecular flexibility index (Phi) is 7.27.